The monoisotopic (exact) mass is 267 g/mol. The summed E-state index contributed by atoms with van der Waals surface area (Å²) in [4.78, 5) is 1.28. The van der Waals surface area contributed by atoms with E-state index in [1.807, 2.05) is 17.8 Å². The predicted octanol–water partition coefficient (Wildman–Crippen LogP) is 3.81. The molecule has 2 nitrogen and oxygen atoms in total. The van der Waals surface area contributed by atoms with Crippen LogP contribution in [0.5, 0.6) is 5.75 Å². The summed E-state index contributed by atoms with van der Waals surface area (Å²) in [6.45, 7) is 11.5. The van der Waals surface area contributed by atoms with E-state index in [2.05, 4.69) is 51.2 Å². The van der Waals surface area contributed by atoms with Gasteiger partial charge in [0.25, 0.3) is 0 Å². The number of nitrogens with one attached hydrogen (secondary N) is 1. The van der Waals surface area contributed by atoms with E-state index >= 15 is 0 Å². The van der Waals surface area contributed by atoms with Gasteiger partial charge in [0.1, 0.15) is 12.4 Å². The largest absolute Gasteiger partial charge is 0.492 e. The molecule has 0 radical (unpaired) electrons. The van der Waals surface area contributed by atoms with Crippen LogP contribution in [0.15, 0.2) is 29.2 Å². The molecule has 1 N–H and O–H groups in total. The average molecular weight is 267 g/mol. The van der Waals surface area contributed by atoms with E-state index in [-0.39, 0.29) is 0 Å². The normalized spacial score (nSPS) is 11.2. The van der Waals surface area contributed by atoms with Crippen molar-refractivity contribution in [3.05, 3.63) is 24.3 Å². The Morgan fingerprint density at radius 3 is 2.67 bits per heavy atom. The third-order valence-electron chi connectivity index (χ3n) is 2.28. The summed E-state index contributed by atoms with van der Waals surface area (Å²) < 4.78 is 5.73. The standard InChI is InChI=1S/C15H25NOS/c1-12(2)11-16-8-9-17-14-6-5-7-15(10-14)18-13(3)4/h5-7,10,12-13,16H,8-9,11H2,1-4H3. The van der Waals surface area contributed by atoms with Gasteiger partial charge in [0.15, 0.2) is 0 Å². The highest BCUT2D eigenvalue weighted by molar-refractivity contribution is 7.99. The van der Waals surface area contributed by atoms with Crippen molar-refractivity contribution in [3.63, 3.8) is 0 Å². The summed E-state index contributed by atoms with van der Waals surface area (Å²) in [5.41, 5.74) is 0. The molecule has 0 bridgehead atoms. The first-order valence-corrected chi connectivity index (χ1v) is 7.56. The highest BCUT2D eigenvalue weighted by Crippen LogP contribution is 2.26. The lowest BCUT2D eigenvalue weighted by atomic mass is 10.2. The summed E-state index contributed by atoms with van der Waals surface area (Å²) in [6.07, 6.45) is 0. The van der Waals surface area contributed by atoms with Crippen LogP contribution in [0.4, 0.5) is 0 Å². The lowest BCUT2D eigenvalue weighted by Crippen LogP contribution is -2.24. The summed E-state index contributed by atoms with van der Waals surface area (Å²) in [7, 11) is 0. The zero-order chi connectivity index (χ0) is 13.4. The van der Waals surface area contributed by atoms with Crippen LogP contribution in [-0.2, 0) is 0 Å². The molecule has 0 unspecified atom stereocenters. The smallest absolute Gasteiger partial charge is 0.120 e. The minimum Gasteiger partial charge on any atom is -0.492 e. The van der Waals surface area contributed by atoms with Gasteiger partial charge in [-0.3, -0.25) is 0 Å². The van der Waals surface area contributed by atoms with Gasteiger partial charge in [-0.05, 0) is 30.7 Å². The molecule has 1 aromatic rings. The van der Waals surface area contributed by atoms with Gasteiger partial charge in [-0.15, -0.1) is 11.8 Å². The number of hydrogen-bond donors (Lipinski definition) is 1. The van der Waals surface area contributed by atoms with Crippen molar-refractivity contribution in [1.82, 2.24) is 5.32 Å². The molecule has 0 saturated carbocycles. The fraction of sp³-hybridized carbons (Fsp3) is 0.600. The lowest BCUT2D eigenvalue weighted by molar-refractivity contribution is 0.310. The van der Waals surface area contributed by atoms with Crippen LogP contribution in [-0.4, -0.2) is 24.9 Å². The van der Waals surface area contributed by atoms with Crippen molar-refractivity contribution in [1.29, 1.82) is 0 Å². The molecule has 0 aliphatic heterocycles. The second kappa shape index (κ2) is 8.44. The third kappa shape index (κ3) is 6.92. The minimum absolute atomic E-state index is 0.605. The molecule has 102 valence electrons. The minimum atomic E-state index is 0.605. The summed E-state index contributed by atoms with van der Waals surface area (Å²) in [6, 6.07) is 8.33. The SMILES string of the molecule is CC(C)CNCCOc1cccc(SC(C)C)c1. The molecule has 0 fully saturated rings. The van der Waals surface area contributed by atoms with E-state index in [1.165, 1.54) is 4.90 Å². The van der Waals surface area contributed by atoms with Crippen LogP contribution in [0.3, 0.4) is 0 Å². The zero-order valence-corrected chi connectivity index (χ0v) is 12.7. The van der Waals surface area contributed by atoms with E-state index in [9.17, 15) is 0 Å². The number of benzene rings is 1. The van der Waals surface area contributed by atoms with Crippen LogP contribution < -0.4 is 10.1 Å². The van der Waals surface area contributed by atoms with Gasteiger partial charge in [-0.1, -0.05) is 33.8 Å². The molecule has 0 heterocycles. The fourth-order valence-electron chi connectivity index (χ4n) is 1.54. The Bertz CT molecular complexity index is 339. The Kier molecular flexibility index (Phi) is 7.21. The Morgan fingerprint density at radius 1 is 1.22 bits per heavy atom. The van der Waals surface area contributed by atoms with Crippen molar-refractivity contribution in [2.75, 3.05) is 19.7 Å². The molecule has 0 saturated heterocycles. The van der Waals surface area contributed by atoms with Gasteiger partial charge in [-0.2, -0.15) is 0 Å². The first-order valence-electron chi connectivity index (χ1n) is 6.68. The van der Waals surface area contributed by atoms with Gasteiger partial charge in [0.05, 0.1) is 0 Å². The fourth-order valence-corrected chi connectivity index (χ4v) is 2.43. The van der Waals surface area contributed by atoms with Crippen molar-refractivity contribution in [3.8, 4) is 5.75 Å². The molecule has 1 aromatic carbocycles. The van der Waals surface area contributed by atoms with Crippen molar-refractivity contribution in [2.45, 2.75) is 37.8 Å². The molecule has 0 amide bonds. The van der Waals surface area contributed by atoms with Crippen LogP contribution in [0.25, 0.3) is 0 Å². The lowest BCUT2D eigenvalue weighted by Gasteiger charge is -2.10. The van der Waals surface area contributed by atoms with E-state index in [0.717, 1.165) is 25.4 Å². The third-order valence-corrected chi connectivity index (χ3v) is 3.27. The first-order chi connectivity index (χ1) is 8.58. The maximum Gasteiger partial charge on any atom is 0.120 e. The van der Waals surface area contributed by atoms with Crippen molar-refractivity contribution >= 4 is 11.8 Å². The summed E-state index contributed by atoms with van der Waals surface area (Å²) in [5.74, 6) is 1.66. The highest BCUT2D eigenvalue weighted by atomic mass is 32.2. The highest BCUT2D eigenvalue weighted by Gasteiger charge is 2.00. The number of rotatable bonds is 8. The molecular weight excluding hydrogens is 242 g/mol. The molecule has 0 aliphatic rings. The average Bonchev–Trinajstić information content (AvgIpc) is 2.27. The maximum absolute atomic E-state index is 5.73. The molecule has 0 atom stereocenters. The van der Waals surface area contributed by atoms with Crippen LogP contribution >= 0.6 is 11.8 Å². The quantitative estimate of drug-likeness (QED) is 0.571. The van der Waals surface area contributed by atoms with Crippen LogP contribution in [0.2, 0.25) is 0 Å². The topological polar surface area (TPSA) is 21.3 Å². The maximum atomic E-state index is 5.73. The van der Waals surface area contributed by atoms with Crippen LogP contribution in [0, 0.1) is 5.92 Å². The number of ether oxygens (including phenoxy) is 1. The summed E-state index contributed by atoms with van der Waals surface area (Å²) in [5, 5.41) is 3.98. The van der Waals surface area contributed by atoms with Gasteiger partial charge in [0.2, 0.25) is 0 Å². The van der Waals surface area contributed by atoms with E-state index < -0.39 is 0 Å². The molecule has 18 heavy (non-hydrogen) atoms. The van der Waals surface area contributed by atoms with Crippen molar-refractivity contribution in [2.24, 2.45) is 5.92 Å². The van der Waals surface area contributed by atoms with Gasteiger partial charge in [-0.25, -0.2) is 0 Å². The van der Waals surface area contributed by atoms with Crippen molar-refractivity contribution < 1.29 is 4.74 Å². The molecule has 3 heteroatoms. The summed E-state index contributed by atoms with van der Waals surface area (Å²) >= 11 is 1.86. The molecule has 1 rings (SSSR count). The van der Waals surface area contributed by atoms with Gasteiger partial charge in [0, 0.05) is 16.7 Å². The Hall–Kier alpha value is -0.670. The number of thioether (sulfide) groups is 1. The Morgan fingerprint density at radius 2 is 2.00 bits per heavy atom. The second-order valence-corrected chi connectivity index (χ2v) is 6.74. The first kappa shape index (κ1) is 15.4. The van der Waals surface area contributed by atoms with Crippen LogP contribution in [0.1, 0.15) is 27.7 Å². The van der Waals surface area contributed by atoms with E-state index in [0.29, 0.717) is 11.2 Å². The molecular formula is C15H25NOS. The Labute approximate surface area is 116 Å². The number of hydrogen-bond acceptors (Lipinski definition) is 3. The zero-order valence-electron chi connectivity index (χ0n) is 11.9. The Balaban J connectivity index is 2.29. The second-order valence-electron chi connectivity index (χ2n) is 5.09. The molecule has 0 spiro atoms. The van der Waals surface area contributed by atoms with Gasteiger partial charge >= 0.3 is 0 Å². The van der Waals surface area contributed by atoms with E-state index in [1.54, 1.807) is 0 Å². The predicted molar refractivity (Wildman–Crippen MR) is 80.6 cm³/mol. The molecule has 0 aliphatic carbocycles. The molecule has 0 aromatic heterocycles. The van der Waals surface area contributed by atoms with E-state index in [4.69, 9.17) is 4.74 Å². The van der Waals surface area contributed by atoms with Gasteiger partial charge < -0.3 is 10.1 Å².